The molecule has 0 aliphatic carbocycles. The normalized spacial score (nSPS) is 22.4. The summed E-state index contributed by atoms with van der Waals surface area (Å²) in [5, 5.41) is 7.57. The zero-order chi connectivity index (χ0) is 19.0. The Morgan fingerprint density at radius 3 is 2.96 bits per heavy atom. The van der Waals surface area contributed by atoms with E-state index in [1.54, 1.807) is 34.0 Å². The molecule has 4 rings (SSSR count). The van der Waals surface area contributed by atoms with Gasteiger partial charge in [0.25, 0.3) is 5.91 Å². The van der Waals surface area contributed by atoms with Gasteiger partial charge in [-0.1, -0.05) is 11.6 Å². The molecule has 0 unspecified atom stereocenters. The monoisotopic (exact) mass is 388 g/mol. The smallest absolute Gasteiger partial charge is 0.253 e. The van der Waals surface area contributed by atoms with Crippen LogP contribution in [0.2, 0.25) is 5.02 Å². The summed E-state index contributed by atoms with van der Waals surface area (Å²) in [5.41, 5.74) is 2.01. The van der Waals surface area contributed by atoms with Crippen molar-refractivity contribution in [1.29, 1.82) is 0 Å². The molecule has 3 heterocycles. The van der Waals surface area contributed by atoms with Crippen LogP contribution in [0.1, 0.15) is 41.3 Å². The first-order valence-corrected chi connectivity index (χ1v) is 9.41. The minimum Gasteiger partial charge on any atom is -0.371 e. The van der Waals surface area contributed by atoms with Gasteiger partial charge in [0.15, 0.2) is 0 Å². The van der Waals surface area contributed by atoms with E-state index in [-0.39, 0.29) is 24.0 Å². The van der Waals surface area contributed by atoms with Crippen molar-refractivity contribution in [1.82, 2.24) is 15.1 Å². The van der Waals surface area contributed by atoms with Gasteiger partial charge < -0.3 is 15.0 Å². The fourth-order valence-corrected chi connectivity index (χ4v) is 3.88. The fourth-order valence-electron chi connectivity index (χ4n) is 3.68. The number of anilines is 1. The van der Waals surface area contributed by atoms with Gasteiger partial charge in [-0.05, 0) is 31.0 Å². The van der Waals surface area contributed by atoms with Crippen LogP contribution in [0.25, 0.3) is 0 Å². The van der Waals surface area contributed by atoms with Crippen LogP contribution in [0.15, 0.2) is 30.6 Å². The van der Waals surface area contributed by atoms with Crippen LogP contribution in [0.4, 0.5) is 5.69 Å². The third-order valence-corrected chi connectivity index (χ3v) is 5.37. The molecule has 1 aromatic carbocycles. The van der Waals surface area contributed by atoms with Crippen molar-refractivity contribution in [3.8, 4) is 0 Å². The molecule has 1 aromatic heterocycles. The lowest BCUT2D eigenvalue weighted by atomic mass is 10.0. The van der Waals surface area contributed by atoms with E-state index in [4.69, 9.17) is 16.3 Å². The molecule has 0 saturated carbocycles. The van der Waals surface area contributed by atoms with E-state index < -0.39 is 0 Å². The average Bonchev–Trinajstić information content (AvgIpc) is 3.37. The average molecular weight is 389 g/mol. The molecule has 2 amide bonds. The van der Waals surface area contributed by atoms with Gasteiger partial charge in [0, 0.05) is 44.1 Å². The van der Waals surface area contributed by atoms with Crippen molar-refractivity contribution < 1.29 is 14.3 Å². The van der Waals surface area contributed by atoms with Crippen molar-refractivity contribution in [2.24, 2.45) is 7.05 Å². The summed E-state index contributed by atoms with van der Waals surface area (Å²) in [6.45, 7) is 1.24. The Morgan fingerprint density at radius 2 is 2.26 bits per heavy atom. The Labute approximate surface area is 162 Å². The number of carbonyl (C=O) groups excluding carboxylic acids is 2. The van der Waals surface area contributed by atoms with E-state index >= 15 is 0 Å². The van der Waals surface area contributed by atoms with Crippen molar-refractivity contribution in [2.75, 3.05) is 18.1 Å². The van der Waals surface area contributed by atoms with E-state index in [2.05, 4.69) is 10.4 Å². The van der Waals surface area contributed by atoms with Gasteiger partial charge in [-0.25, -0.2) is 0 Å². The van der Waals surface area contributed by atoms with E-state index in [1.807, 2.05) is 13.2 Å². The van der Waals surface area contributed by atoms with Crippen molar-refractivity contribution >= 4 is 29.1 Å². The Hall–Kier alpha value is -2.38. The Morgan fingerprint density at radius 1 is 1.41 bits per heavy atom. The standard InChI is InChI=1S/C19H21ClN4O3/c1-23-11-12(10-21-23)18-16(6-8-27-18)22-19(26)14-9-13(4-5-15(14)20)24-7-2-3-17(24)25/h4-5,9-11,16,18H,2-3,6-8H2,1H3,(H,22,26)/t16-,18+/m0/s1. The second-order valence-corrected chi connectivity index (χ2v) is 7.33. The summed E-state index contributed by atoms with van der Waals surface area (Å²) in [5.74, 6) is -0.192. The molecule has 0 spiro atoms. The zero-order valence-corrected chi connectivity index (χ0v) is 15.8. The number of aryl methyl sites for hydroxylation is 1. The number of amides is 2. The number of rotatable bonds is 4. The second kappa shape index (κ2) is 7.32. The lowest BCUT2D eigenvalue weighted by Gasteiger charge is -2.20. The number of halogens is 1. The van der Waals surface area contributed by atoms with E-state index in [0.29, 0.717) is 42.3 Å². The number of benzene rings is 1. The molecule has 0 bridgehead atoms. The van der Waals surface area contributed by atoms with Crippen molar-refractivity contribution in [3.05, 3.63) is 46.7 Å². The van der Waals surface area contributed by atoms with Crippen LogP contribution in [-0.4, -0.2) is 40.8 Å². The number of nitrogens with one attached hydrogen (secondary N) is 1. The van der Waals surface area contributed by atoms with Gasteiger partial charge in [-0.15, -0.1) is 0 Å². The SMILES string of the molecule is Cn1cc([C@H]2OCC[C@@H]2NC(=O)c2cc(N3CCCC3=O)ccc2Cl)cn1. The summed E-state index contributed by atoms with van der Waals surface area (Å²) in [6, 6.07) is 4.98. The number of hydrogen-bond donors (Lipinski definition) is 1. The molecule has 2 aromatic rings. The maximum Gasteiger partial charge on any atom is 0.253 e. The van der Waals surface area contributed by atoms with Gasteiger partial charge in [-0.2, -0.15) is 5.10 Å². The van der Waals surface area contributed by atoms with E-state index in [0.717, 1.165) is 12.0 Å². The highest BCUT2D eigenvalue weighted by Gasteiger charge is 2.32. The Balaban J connectivity index is 1.53. The molecule has 7 nitrogen and oxygen atoms in total. The number of ether oxygens (including phenoxy) is 1. The van der Waals surface area contributed by atoms with Gasteiger partial charge in [0.2, 0.25) is 5.91 Å². The molecule has 8 heteroatoms. The number of hydrogen-bond acceptors (Lipinski definition) is 4. The highest BCUT2D eigenvalue weighted by molar-refractivity contribution is 6.34. The number of carbonyl (C=O) groups is 2. The number of nitrogens with zero attached hydrogens (tertiary/aromatic N) is 3. The molecule has 2 atom stereocenters. The topological polar surface area (TPSA) is 76.5 Å². The van der Waals surface area contributed by atoms with Crippen LogP contribution in [0.5, 0.6) is 0 Å². The minimum atomic E-state index is -0.266. The zero-order valence-electron chi connectivity index (χ0n) is 15.0. The van der Waals surface area contributed by atoms with Gasteiger partial charge in [-0.3, -0.25) is 14.3 Å². The molecular formula is C19H21ClN4O3. The first-order valence-electron chi connectivity index (χ1n) is 9.04. The van der Waals surface area contributed by atoms with Crippen LogP contribution >= 0.6 is 11.6 Å². The molecule has 2 fully saturated rings. The fraction of sp³-hybridized carbons (Fsp3) is 0.421. The predicted molar refractivity (Wildman–Crippen MR) is 101 cm³/mol. The van der Waals surface area contributed by atoms with Gasteiger partial charge in [0.05, 0.1) is 22.8 Å². The molecular weight excluding hydrogens is 368 g/mol. The predicted octanol–water partition coefficient (Wildman–Crippen LogP) is 2.46. The quantitative estimate of drug-likeness (QED) is 0.872. The molecule has 0 radical (unpaired) electrons. The maximum atomic E-state index is 12.9. The minimum absolute atomic E-state index is 0.0736. The maximum absolute atomic E-state index is 12.9. The first-order chi connectivity index (χ1) is 13.0. The lowest BCUT2D eigenvalue weighted by Crippen LogP contribution is -2.37. The lowest BCUT2D eigenvalue weighted by molar-refractivity contribution is -0.117. The summed E-state index contributed by atoms with van der Waals surface area (Å²) in [4.78, 5) is 26.6. The van der Waals surface area contributed by atoms with Gasteiger partial charge in [0.1, 0.15) is 6.10 Å². The summed E-state index contributed by atoms with van der Waals surface area (Å²) in [7, 11) is 1.84. The van der Waals surface area contributed by atoms with E-state index in [9.17, 15) is 9.59 Å². The molecule has 2 saturated heterocycles. The highest BCUT2D eigenvalue weighted by Crippen LogP contribution is 2.30. The molecule has 2 aliphatic rings. The van der Waals surface area contributed by atoms with Crippen LogP contribution < -0.4 is 10.2 Å². The Bertz CT molecular complexity index is 882. The summed E-state index contributed by atoms with van der Waals surface area (Å²) < 4.78 is 7.51. The van der Waals surface area contributed by atoms with Crippen LogP contribution in [0, 0.1) is 0 Å². The molecule has 142 valence electrons. The molecule has 2 aliphatic heterocycles. The van der Waals surface area contributed by atoms with Gasteiger partial charge >= 0.3 is 0 Å². The third-order valence-electron chi connectivity index (χ3n) is 5.04. The van der Waals surface area contributed by atoms with Crippen LogP contribution in [0.3, 0.4) is 0 Å². The largest absolute Gasteiger partial charge is 0.371 e. The van der Waals surface area contributed by atoms with Crippen molar-refractivity contribution in [3.63, 3.8) is 0 Å². The summed E-state index contributed by atoms with van der Waals surface area (Å²) >= 11 is 6.27. The second-order valence-electron chi connectivity index (χ2n) is 6.92. The molecule has 1 N–H and O–H groups in total. The Kier molecular flexibility index (Phi) is 4.88. The van der Waals surface area contributed by atoms with Crippen molar-refractivity contribution in [2.45, 2.75) is 31.4 Å². The summed E-state index contributed by atoms with van der Waals surface area (Å²) in [6.07, 6.45) is 5.49. The first kappa shape index (κ1) is 18.0. The van der Waals surface area contributed by atoms with Crippen LogP contribution in [-0.2, 0) is 16.6 Å². The van der Waals surface area contributed by atoms with E-state index in [1.165, 1.54) is 0 Å². The highest BCUT2D eigenvalue weighted by atomic mass is 35.5. The third kappa shape index (κ3) is 3.57. The molecule has 27 heavy (non-hydrogen) atoms. The number of aromatic nitrogens is 2.